The van der Waals surface area contributed by atoms with E-state index in [9.17, 15) is 9.59 Å². The molecule has 1 amide bonds. The van der Waals surface area contributed by atoms with Crippen LogP contribution < -0.4 is 10.9 Å². The van der Waals surface area contributed by atoms with Crippen LogP contribution >= 0.6 is 0 Å². The molecule has 0 aliphatic rings. The molecule has 0 saturated heterocycles. The van der Waals surface area contributed by atoms with Crippen molar-refractivity contribution >= 4 is 16.8 Å². The zero-order valence-corrected chi connectivity index (χ0v) is 13.1. The van der Waals surface area contributed by atoms with Crippen LogP contribution in [0.15, 0.2) is 29.1 Å². The number of H-pyrrole nitrogens is 1. The van der Waals surface area contributed by atoms with Gasteiger partial charge in [0, 0.05) is 37.8 Å². The van der Waals surface area contributed by atoms with Crippen LogP contribution in [-0.4, -0.2) is 31.2 Å². The fourth-order valence-electron chi connectivity index (χ4n) is 2.31. The molecule has 0 aliphatic heterocycles. The molecule has 118 valence electrons. The first-order chi connectivity index (χ1) is 10.6. The first-order valence-corrected chi connectivity index (χ1v) is 7.48. The summed E-state index contributed by atoms with van der Waals surface area (Å²) in [6, 6.07) is 7.74. The van der Waals surface area contributed by atoms with Crippen LogP contribution in [-0.2, 0) is 16.0 Å². The van der Waals surface area contributed by atoms with E-state index in [2.05, 4.69) is 10.3 Å². The van der Waals surface area contributed by atoms with E-state index in [4.69, 9.17) is 4.74 Å². The highest BCUT2D eigenvalue weighted by Gasteiger charge is 2.04. The van der Waals surface area contributed by atoms with Crippen LogP contribution in [0.1, 0.15) is 24.0 Å². The lowest BCUT2D eigenvalue weighted by atomic mass is 10.1. The topological polar surface area (TPSA) is 71.2 Å². The third-order valence-electron chi connectivity index (χ3n) is 3.58. The first kappa shape index (κ1) is 16.2. The summed E-state index contributed by atoms with van der Waals surface area (Å²) in [6.45, 7) is 3.09. The van der Waals surface area contributed by atoms with E-state index in [0.29, 0.717) is 31.6 Å². The molecular weight excluding hydrogens is 280 g/mol. The summed E-state index contributed by atoms with van der Waals surface area (Å²) in [6.07, 6.45) is 1.97. The summed E-state index contributed by atoms with van der Waals surface area (Å²) in [5, 5.41) is 3.87. The van der Waals surface area contributed by atoms with Gasteiger partial charge in [-0.3, -0.25) is 9.59 Å². The largest absolute Gasteiger partial charge is 0.385 e. The van der Waals surface area contributed by atoms with Crippen molar-refractivity contribution in [3.05, 3.63) is 45.7 Å². The number of aromatic amines is 1. The van der Waals surface area contributed by atoms with Gasteiger partial charge in [-0.15, -0.1) is 0 Å². The van der Waals surface area contributed by atoms with Gasteiger partial charge >= 0.3 is 0 Å². The number of rotatable bonds is 7. The van der Waals surface area contributed by atoms with Crippen LogP contribution in [0.2, 0.25) is 0 Å². The lowest BCUT2D eigenvalue weighted by molar-refractivity contribution is -0.121. The van der Waals surface area contributed by atoms with Crippen molar-refractivity contribution in [2.24, 2.45) is 0 Å². The average molecular weight is 302 g/mol. The van der Waals surface area contributed by atoms with Crippen molar-refractivity contribution in [2.75, 3.05) is 20.3 Å². The molecule has 0 radical (unpaired) electrons. The molecule has 0 spiro atoms. The lowest BCUT2D eigenvalue weighted by Gasteiger charge is -2.06. The molecule has 2 aromatic rings. The minimum absolute atomic E-state index is 0.0499. The Hall–Kier alpha value is -2.14. The van der Waals surface area contributed by atoms with E-state index < -0.39 is 0 Å². The zero-order chi connectivity index (χ0) is 15.9. The summed E-state index contributed by atoms with van der Waals surface area (Å²) in [5.41, 5.74) is 2.55. The Morgan fingerprint density at radius 1 is 1.32 bits per heavy atom. The normalized spacial score (nSPS) is 10.8. The molecule has 0 bridgehead atoms. The number of fused-ring (bicyclic) bond motifs is 1. The Morgan fingerprint density at radius 2 is 2.14 bits per heavy atom. The average Bonchev–Trinajstić information content (AvgIpc) is 2.51. The van der Waals surface area contributed by atoms with Crippen molar-refractivity contribution in [1.82, 2.24) is 10.3 Å². The molecule has 1 aromatic carbocycles. The quantitative estimate of drug-likeness (QED) is 0.768. The monoisotopic (exact) mass is 302 g/mol. The second-order valence-corrected chi connectivity index (χ2v) is 5.40. The zero-order valence-electron chi connectivity index (χ0n) is 13.1. The Balaban J connectivity index is 1.93. The fourth-order valence-corrected chi connectivity index (χ4v) is 2.31. The van der Waals surface area contributed by atoms with Crippen molar-refractivity contribution in [3.63, 3.8) is 0 Å². The van der Waals surface area contributed by atoms with Crippen molar-refractivity contribution in [3.8, 4) is 0 Å². The third kappa shape index (κ3) is 4.43. The highest BCUT2D eigenvalue weighted by atomic mass is 16.5. The maximum absolute atomic E-state index is 11.7. The van der Waals surface area contributed by atoms with Gasteiger partial charge in [-0.2, -0.15) is 0 Å². The highest BCUT2D eigenvalue weighted by Crippen LogP contribution is 2.14. The van der Waals surface area contributed by atoms with Crippen LogP contribution in [0.3, 0.4) is 0 Å². The first-order valence-electron chi connectivity index (χ1n) is 7.48. The summed E-state index contributed by atoms with van der Waals surface area (Å²) in [7, 11) is 1.65. The predicted octanol–water partition coefficient (Wildman–Crippen LogP) is 1.92. The Morgan fingerprint density at radius 3 is 2.91 bits per heavy atom. The number of carbonyl (C=O) groups excluding carboxylic acids is 1. The number of ether oxygens (including phenoxy) is 1. The number of methoxy groups -OCH3 is 1. The van der Waals surface area contributed by atoms with E-state index in [-0.39, 0.29) is 11.5 Å². The van der Waals surface area contributed by atoms with Crippen LogP contribution in [0.25, 0.3) is 10.9 Å². The molecule has 5 heteroatoms. The van der Waals surface area contributed by atoms with Gasteiger partial charge in [0.05, 0.1) is 0 Å². The highest BCUT2D eigenvalue weighted by molar-refractivity contribution is 5.80. The van der Waals surface area contributed by atoms with Gasteiger partial charge in [-0.25, -0.2) is 0 Å². The maximum Gasteiger partial charge on any atom is 0.251 e. The molecule has 0 atom stereocenters. The van der Waals surface area contributed by atoms with Crippen LogP contribution in [0.5, 0.6) is 0 Å². The van der Waals surface area contributed by atoms with Crippen molar-refractivity contribution < 1.29 is 9.53 Å². The molecule has 1 heterocycles. The maximum atomic E-state index is 11.7. The standard InChI is InChI=1S/C17H22N2O3/c1-12-10-14-11-13(4-6-15(14)19-17(12)21)5-7-16(20)18-8-3-9-22-2/h4,6,10-11H,3,5,7-9H2,1-2H3,(H,18,20)(H,19,21). The number of hydrogen-bond acceptors (Lipinski definition) is 3. The molecule has 0 fully saturated rings. The number of aryl methyl sites for hydroxylation is 2. The number of hydrogen-bond donors (Lipinski definition) is 2. The second kappa shape index (κ2) is 7.75. The van der Waals surface area contributed by atoms with E-state index in [0.717, 1.165) is 22.9 Å². The Labute approximate surface area is 129 Å². The summed E-state index contributed by atoms with van der Waals surface area (Å²) >= 11 is 0. The molecule has 0 unspecified atom stereocenters. The number of pyridine rings is 1. The minimum Gasteiger partial charge on any atom is -0.385 e. The Bertz CT molecular complexity index is 707. The van der Waals surface area contributed by atoms with Crippen molar-refractivity contribution in [1.29, 1.82) is 0 Å². The number of nitrogens with one attached hydrogen (secondary N) is 2. The van der Waals surface area contributed by atoms with Gasteiger partial charge < -0.3 is 15.0 Å². The second-order valence-electron chi connectivity index (χ2n) is 5.40. The van der Waals surface area contributed by atoms with Crippen LogP contribution in [0, 0.1) is 6.92 Å². The summed E-state index contributed by atoms with van der Waals surface area (Å²) < 4.78 is 4.94. The molecule has 1 aromatic heterocycles. The van der Waals surface area contributed by atoms with Crippen LogP contribution in [0.4, 0.5) is 0 Å². The minimum atomic E-state index is -0.0595. The van der Waals surface area contributed by atoms with Gasteiger partial charge in [0.1, 0.15) is 0 Å². The Kier molecular flexibility index (Phi) is 5.72. The van der Waals surface area contributed by atoms with Crippen molar-refractivity contribution in [2.45, 2.75) is 26.2 Å². The van der Waals surface area contributed by atoms with Gasteiger partial charge in [0.2, 0.25) is 5.91 Å². The lowest BCUT2D eigenvalue weighted by Crippen LogP contribution is -2.25. The predicted molar refractivity (Wildman–Crippen MR) is 87.1 cm³/mol. The third-order valence-corrected chi connectivity index (χ3v) is 3.58. The summed E-state index contributed by atoms with van der Waals surface area (Å²) in [4.78, 5) is 26.1. The molecule has 2 N–H and O–H groups in total. The van der Waals surface area contributed by atoms with E-state index in [1.165, 1.54) is 0 Å². The SMILES string of the molecule is COCCCNC(=O)CCc1ccc2[nH]c(=O)c(C)cc2c1. The molecule has 0 saturated carbocycles. The smallest absolute Gasteiger partial charge is 0.251 e. The summed E-state index contributed by atoms with van der Waals surface area (Å²) in [5.74, 6) is 0.0499. The van der Waals surface area contributed by atoms with Gasteiger partial charge in [0.25, 0.3) is 5.56 Å². The molecule has 22 heavy (non-hydrogen) atoms. The number of benzene rings is 1. The van der Waals surface area contributed by atoms with Gasteiger partial charge in [-0.05, 0) is 48.9 Å². The molecule has 2 rings (SSSR count). The van der Waals surface area contributed by atoms with E-state index >= 15 is 0 Å². The van der Waals surface area contributed by atoms with E-state index in [1.807, 2.05) is 24.3 Å². The molecule has 0 aliphatic carbocycles. The van der Waals surface area contributed by atoms with Gasteiger partial charge in [0.15, 0.2) is 0 Å². The van der Waals surface area contributed by atoms with Gasteiger partial charge in [-0.1, -0.05) is 6.07 Å². The fraction of sp³-hybridized carbons (Fsp3) is 0.412. The number of carbonyl (C=O) groups is 1. The number of amides is 1. The van der Waals surface area contributed by atoms with E-state index in [1.54, 1.807) is 14.0 Å². The molecular formula is C17H22N2O3. The molecule has 5 nitrogen and oxygen atoms in total. The number of aromatic nitrogens is 1.